The SMILES string of the molecule is Oc1ccc2cccc(Oc3ccc(C(F)(F)F)cc3Cl)c2c1. The maximum atomic E-state index is 12.7. The van der Waals surface area contributed by atoms with E-state index in [0.29, 0.717) is 11.1 Å². The first-order valence-corrected chi connectivity index (χ1v) is 6.99. The molecule has 0 saturated heterocycles. The molecule has 0 fully saturated rings. The van der Waals surface area contributed by atoms with E-state index >= 15 is 0 Å². The monoisotopic (exact) mass is 338 g/mol. The van der Waals surface area contributed by atoms with E-state index in [2.05, 4.69) is 0 Å². The van der Waals surface area contributed by atoms with Crippen molar-refractivity contribution in [3.8, 4) is 17.2 Å². The number of alkyl halides is 3. The molecule has 0 aliphatic rings. The number of benzene rings is 3. The van der Waals surface area contributed by atoms with Crippen molar-refractivity contribution < 1.29 is 23.0 Å². The minimum Gasteiger partial charge on any atom is -0.508 e. The lowest BCUT2D eigenvalue weighted by atomic mass is 10.1. The van der Waals surface area contributed by atoms with Gasteiger partial charge in [0, 0.05) is 5.39 Å². The van der Waals surface area contributed by atoms with Crippen LogP contribution in [0.1, 0.15) is 5.56 Å². The Kier molecular flexibility index (Phi) is 3.82. The number of hydrogen-bond acceptors (Lipinski definition) is 2. The van der Waals surface area contributed by atoms with E-state index in [-0.39, 0.29) is 16.5 Å². The minimum atomic E-state index is -4.46. The summed E-state index contributed by atoms with van der Waals surface area (Å²) in [6, 6.07) is 12.9. The normalized spacial score (nSPS) is 11.7. The van der Waals surface area contributed by atoms with Gasteiger partial charge in [0.15, 0.2) is 0 Å². The van der Waals surface area contributed by atoms with Crippen LogP contribution in [-0.4, -0.2) is 5.11 Å². The van der Waals surface area contributed by atoms with Gasteiger partial charge in [-0.3, -0.25) is 0 Å². The van der Waals surface area contributed by atoms with E-state index < -0.39 is 11.7 Å². The number of phenolic OH excluding ortho intramolecular Hbond substituents is 1. The van der Waals surface area contributed by atoms with Gasteiger partial charge in [-0.15, -0.1) is 0 Å². The fourth-order valence-electron chi connectivity index (χ4n) is 2.20. The number of fused-ring (bicyclic) bond motifs is 1. The predicted molar refractivity (Wildman–Crippen MR) is 82.1 cm³/mol. The Morgan fingerprint density at radius 2 is 1.70 bits per heavy atom. The fraction of sp³-hybridized carbons (Fsp3) is 0.0588. The quantitative estimate of drug-likeness (QED) is 0.620. The van der Waals surface area contributed by atoms with Crippen molar-refractivity contribution in [2.24, 2.45) is 0 Å². The van der Waals surface area contributed by atoms with E-state index in [1.165, 1.54) is 18.2 Å². The molecule has 0 aromatic heterocycles. The molecular weight excluding hydrogens is 329 g/mol. The molecule has 3 rings (SSSR count). The average molecular weight is 339 g/mol. The largest absolute Gasteiger partial charge is 0.508 e. The zero-order valence-electron chi connectivity index (χ0n) is 11.6. The number of halogens is 4. The van der Waals surface area contributed by atoms with Crippen LogP contribution in [0.5, 0.6) is 17.2 Å². The topological polar surface area (TPSA) is 29.5 Å². The van der Waals surface area contributed by atoms with Gasteiger partial charge < -0.3 is 9.84 Å². The molecule has 0 aliphatic heterocycles. The molecule has 3 aromatic rings. The fourth-order valence-corrected chi connectivity index (χ4v) is 2.42. The van der Waals surface area contributed by atoms with E-state index in [4.69, 9.17) is 16.3 Å². The van der Waals surface area contributed by atoms with Gasteiger partial charge in [0.1, 0.15) is 17.2 Å². The van der Waals surface area contributed by atoms with Crippen LogP contribution in [0.3, 0.4) is 0 Å². The molecule has 0 atom stereocenters. The maximum absolute atomic E-state index is 12.7. The Balaban J connectivity index is 2.01. The molecular formula is C17H10ClF3O2. The Morgan fingerprint density at radius 1 is 0.913 bits per heavy atom. The third-order valence-electron chi connectivity index (χ3n) is 3.30. The first-order chi connectivity index (χ1) is 10.8. The van der Waals surface area contributed by atoms with Crippen LogP contribution in [0.25, 0.3) is 10.8 Å². The van der Waals surface area contributed by atoms with E-state index in [1.54, 1.807) is 18.2 Å². The highest BCUT2D eigenvalue weighted by Gasteiger charge is 2.31. The molecule has 1 N–H and O–H groups in total. The summed E-state index contributed by atoms with van der Waals surface area (Å²) < 4.78 is 43.6. The molecule has 3 aromatic carbocycles. The first kappa shape index (κ1) is 15.5. The highest BCUT2D eigenvalue weighted by molar-refractivity contribution is 6.32. The smallest absolute Gasteiger partial charge is 0.416 e. The van der Waals surface area contributed by atoms with Crippen molar-refractivity contribution >= 4 is 22.4 Å². The van der Waals surface area contributed by atoms with Gasteiger partial charge in [0.2, 0.25) is 0 Å². The summed E-state index contributed by atoms with van der Waals surface area (Å²) in [6.07, 6.45) is -4.46. The van der Waals surface area contributed by atoms with Crippen LogP contribution < -0.4 is 4.74 Å². The predicted octanol–water partition coefficient (Wildman–Crippen LogP) is 6.01. The first-order valence-electron chi connectivity index (χ1n) is 6.61. The zero-order chi connectivity index (χ0) is 16.6. The Bertz CT molecular complexity index is 875. The third kappa shape index (κ3) is 3.19. The van der Waals surface area contributed by atoms with E-state index in [9.17, 15) is 18.3 Å². The molecule has 0 amide bonds. The third-order valence-corrected chi connectivity index (χ3v) is 3.60. The number of rotatable bonds is 2. The van der Waals surface area contributed by atoms with Crippen molar-refractivity contribution in [3.63, 3.8) is 0 Å². The van der Waals surface area contributed by atoms with Gasteiger partial charge in [0.05, 0.1) is 10.6 Å². The summed E-state index contributed by atoms with van der Waals surface area (Å²) in [7, 11) is 0. The van der Waals surface area contributed by atoms with Crippen LogP contribution in [-0.2, 0) is 6.18 Å². The van der Waals surface area contributed by atoms with Gasteiger partial charge in [0.25, 0.3) is 0 Å². The van der Waals surface area contributed by atoms with Gasteiger partial charge in [-0.05, 0) is 41.8 Å². The van der Waals surface area contributed by atoms with E-state index in [0.717, 1.165) is 17.5 Å². The summed E-state index contributed by atoms with van der Waals surface area (Å²) in [5.41, 5.74) is -0.842. The van der Waals surface area contributed by atoms with Gasteiger partial charge in [-0.25, -0.2) is 0 Å². The van der Waals surface area contributed by atoms with Crippen molar-refractivity contribution in [1.82, 2.24) is 0 Å². The van der Waals surface area contributed by atoms with Crippen LogP contribution in [0, 0.1) is 0 Å². The molecule has 0 spiro atoms. The van der Waals surface area contributed by atoms with Gasteiger partial charge in [-0.1, -0.05) is 29.8 Å². The zero-order valence-corrected chi connectivity index (χ0v) is 12.3. The van der Waals surface area contributed by atoms with Crippen LogP contribution >= 0.6 is 11.6 Å². The summed E-state index contributed by atoms with van der Waals surface area (Å²) >= 11 is 5.89. The lowest BCUT2D eigenvalue weighted by Crippen LogP contribution is -2.04. The number of phenols is 1. The molecule has 0 bridgehead atoms. The Hall–Kier alpha value is -2.40. The maximum Gasteiger partial charge on any atom is 0.416 e. The highest BCUT2D eigenvalue weighted by atomic mass is 35.5. The molecule has 0 radical (unpaired) electrons. The second kappa shape index (κ2) is 5.66. The minimum absolute atomic E-state index is 0.0621. The molecule has 118 valence electrons. The van der Waals surface area contributed by atoms with E-state index in [1.807, 2.05) is 6.07 Å². The Labute approximate surface area is 134 Å². The highest BCUT2D eigenvalue weighted by Crippen LogP contribution is 2.38. The molecule has 0 saturated carbocycles. The van der Waals surface area contributed by atoms with Gasteiger partial charge in [-0.2, -0.15) is 13.2 Å². The van der Waals surface area contributed by atoms with Crippen molar-refractivity contribution in [1.29, 1.82) is 0 Å². The molecule has 2 nitrogen and oxygen atoms in total. The molecule has 6 heteroatoms. The van der Waals surface area contributed by atoms with Crippen LogP contribution in [0.2, 0.25) is 5.02 Å². The number of aromatic hydroxyl groups is 1. The molecule has 0 aliphatic carbocycles. The second-order valence-electron chi connectivity index (χ2n) is 4.91. The van der Waals surface area contributed by atoms with Crippen molar-refractivity contribution in [2.45, 2.75) is 6.18 Å². The summed E-state index contributed by atoms with van der Waals surface area (Å²) in [5.74, 6) is 0.558. The lowest BCUT2D eigenvalue weighted by Gasteiger charge is -2.12. The van der Waals surface area contributed by atoms with Crippen molar-refractivity contribution in [2.75, 3.05) is 0 Å². The summed E-state index contributed by atoms with van der Waals surface area (Å²) in [4.78, 5) is 0. The summed E-state index contributed by atoms with van der Waals surface area (Å²) in [6.45, 7) is 0. The number of ether oxygens (including phenoxy) is 1. The van der Waals surface area contributed by atoms with Gasteiger partial charge >= 0.3 is 6.18 Å². The van der Waals surface area contributed by atoms with Crippen LogP contribution in [0.15, 0.2) is 54.6 Å². The second-order valence-corrected chi connectivity index (χ2v) is 5.31. The average Bonchev–Trinajstić information content (AvgIpc) is 2.48. The summed E-state index contributed by atoms with van der Waals surface area (Å²) in [5, 5.41) is 10.9. The molecule has 0 unspecified atom stereocenters. The number of hydrogen-bond donors (Lipinski definition) is 1. The Morgan fingerprint density at radius 3 is 2.39 bits per heavy atom. The van der Waals surface area contributed by atoms with Crippen molar-refractivity contribution in [3.05, 3.63) is 65.2 Å². The standard InChI is InChI=1S/C17H10ClF3O2/c18-14-8-11(17(19,20)21)5-7-16(14)23-15-3-1-2-10-4-6-12(22)9-13(10)15/h1-9,22H. The van der Waals surface area contributed by atoms with Crippen LogP contribution in [0.4, 0.5) is 13.2 Å². The molecule has 23 heavy (non-hydrogen) atoms. The molecule has 0 heterocycles. The lowest BCUT2D eigenvalue weighted by molar-refractivity contribution is -0.137.